The zero-order valence-electron chi connectivity index (χ0n) is 14.6. The molecule has 0 aromatic carbocycles. The van der Waals surface area contributed by atoms with Crippen LogP contribution in [0.3, 0.4) is 0 Å². The average molecular weight is 321 g/mol. The van der Waals surface area contributed by atoms with E-state index >= 15 is 0 Å². The van der Waals surface area contributed by atoms with Crippen LogP contribution in [-0.4, -0.2) is 82.2 Å². The van der Waals surface area contributed by atoms with E-state index in [1.54, 1.807) is 19.0 Å². The zero-order valence-corrected chi connectivity index (χ0v) is 14.6. The summed E-state index contributed by atoms with van der Waals surface area (Å²) in [6.07, 6.45) is 5.62. The lowest BCUT2D eigenvalue weighted by Gasteiger charge is -2.35. The van der Waals surface area contributed by atoms with Gasteiger partial charge in [0.05, 0.1) is 6.04 Å². The highest BCUT2D eigenvalue weighted by Crippen LogP contribution is 2.38. The van der Waals surface area contributed by atoms with Crippen LogP contribution < -0.4 is 0 Å². The Morgan fingerprint density at radius 2 is 1.91 bits per heavy atom. The first kappa shape index (κ1) is 16.2. The molecule has 8 heteroatoms. The number of aromatic nitrogens is 4. The summed E-state index contributed by atoms with van der Waals surface area (Å²) in [6.45, 7) is 1.36. The van der Waals surface area contributed by atoms with Gasteiger partial charge in [-0.25, -0.2) is 9.48 Å². The van der Waals surface area contributed by atoms with Crippen molar-refractivity contribution < 1.29 is 4.79 Å². The molecule has 0 bridgehead atoms. The Hall–Kier alpha value is -1.70. The third-order valence-corrected chi connectivity index (χ3v) is 5.34. The normalized spacial score (nSPS) is 25.5. The molecular formula is C15H27N7O. The molecule has 3 rings (SSSR count). The van der Waals surface area contributed by atoms with Gasteiger partial charge in [-0.3, -0.25) is 4.90 Å². The smallest absolute Gasteiger partial charge is 0.319 e. The van der Waals surface area contributed by atoms with Crippen LogP contribution >= 0.6 is 0 Å². The lowest BCUT2D eigenvalue weighted by Crippen LogP contribution is -2.48. The first-order valence-electron chi connectivity index (χ1n) is 8.38. The maximum absolute atomic E-state index is 12.3. The minimum Gasteiger partial charge on any atom is -0.331 e. The van der Waals surface area contributed by atoms with Crippen molar-refractivity contribution in [3.05, 3.63) is 5.82 Å². The second-order valence-corrected chi connectivity index (χ2v) is 7.16. The maximum Gasteiger partial charge on any atom is 0.319 e. The van der Waals surface area contributed by atoms with Crippen molar-refractivity contribution in [2.75, 3.05) is 41.3 Å². The van der Waals surface area contributed by atoms with E-state index in [4.69, 9.17) is 0 Å². The third-order valence-electron chi connectivity index (χ3n) is 5.34. The number of amides is 2. The van der Waals surface area contributed by atoms with Gasteiger partial charge in [0.15, 0.2) is 5.82 Å². The van der Waals surface area contributed by atoms with Crippen molar-refractivity contribution in [3.63, 3.8) is 0 Å². The van der Waals surface area contributed by atoms with Crippen LogP contribution in [0.25, 0.3) is 0 Å². The van der Waals surface area contributed by atoms with Crippen molar-refractivity contribution in [2.45, 2.75) is 43.7 Å². The van der Waals surface area contributed by atoms with E-state index in [2.05, 4.69) is 34.5 Å². The Kier molecular flexibility index (Phi) is 4.27. The minimum absolute atomic E-state index is 0.0496. The fourth-order valence-corrected chi connectivity index (χ4v) is 3.88. The van der Waals surface area contributed by atoms with Gasteiger partial charge in [-0.2, -0.15) is 0 Å². The molecule has 1 aliphatic heterocycles. The molecule has 1 aliphatic carbocycles. The van der Waals surface area contributed by atoms with E-state index in [-0.39, 0.29) is 11.6 Å². The predicted octanol–water partition coefficient (Wildman–Crippen LogP) is 0.932. The lowest BCUT2D eigenvalue weighted by atomic mass is 9.95. The number of likely N-dealkylation sites (N-methyl/N-ethyl adjacent to an activating group) is 1. The van der Waals surface area contributed by atoms with Gasteiger partial charge in [0.1, 0.15) is 5.54 Å². The van der Waals surface area contributed by atoms with Crippen LogP contribution in [0, 0.1) is 0 Å². The van der Waals surface area contributed by atoms with E-state index in [1.165, 1.54) is 12.8 Å². The summed E-state index contributed by atoms with van der Waals surface area (Å²) < 4.78 is 2.02. The molecule has 0 spiro atoms. The molecule has 1 atom stereocenters. The van der Waals surface area contributed by atoms with Gasteiger partial charge in [-0.05, 0) is 43.8 Å². The van der Waals surface area contributed by atoms with Crippen LogP contribution in [0.2, 0.25) is 0 Å². The number of carbonyl (C=O) groups is 1. The van der Waals surface area contributed by atoms with Crippen molar-refractivity contribution in [2.24, 2.45) is 0 Å². The Morgan fingerprint density at radius 1 is 1.22 bits per heavy atom. The van der Waals surface area contributed by atoms with E-state index in [9.17, 15) is 4.79 Å². The van der Waals surface area contributed by atoms with Crippen molar-refractivity contribution in [1.29, 1.82) is 0 Å². The molecule has 8 nitrogen and oxygen atoms in total. The van der Waals surface area contributed by atoms with Gasteiger partial charge in [0.2, 0.25) is 0 Å². The fourth-order valence-electron chi connectivity index (χ4n) is 3.88. The summed E-state index contributed by atoms with van der Waals surface area (Å²) in [7, 11) is 7.69. The molecular weight excluding hydrogens is 294 g/mol. The molecule has 2 fully saturated rings. The van der Waals surface area contributed by atoms with Crippen LogP contribution in [0.5, 0.6) is 0 Å². The van der Waals surface area contributed by atoms with Gasteiger partial charge >= 0.3 is 6.03 Å². The third kappa shape index (κ3) is 2.69. The largest absolute Gasteiger partial charge is 0.331 e. The monoisotopic (exact) mass is 321 g/mol. The number of carbonyl (C=O) groups excluding carboxylic acids is 1. The van der Waals surface area contributed by atoms with E-state index < -0.39 is 0 Å². The van der Waals surface area contributed by atoms with E-state index in [0.29, 0.717) is 12.6 Å². The summed E-state index contributed by atoms with van der Waals surface area (Å²) in [5.41, 5.74) is -0.308. The lowest BCUT2D eigenvalue weighted by molar-refractivity contribution is 0.129. The molecule has 2 amide bonds. The van der Waals surface area contributed by atoms with Crippen molar-refractivity contribution in [3.8, 4) is 0 Å². The number of hydrogen-bond acceptors (Lipinski definition) is 5. The highest BCUT2D eigenvalue weighted by Gasteiger charge is 2.48. The number of nitrogens with zero attached hydrogens (tertiary/aromatic N) is 7. The van der Waals surface area contributed by atoms with Crippen LogP contribution in [-0.2, 0) is 5.54 Å². The first-order chi connectivity index (χ1) is 11.0. The van der Waals surface area contributed by atoms with Crippen LogP contribution in [0.1, 0.15) is 44.0 Å². The molecule has 128 valence electrons. The standard InChI is InChI=1S/C15H27N7O/c1-19(2)14(23)21-10-9-15(11-21,20(3)4)13-16-17-18-22(13)12-7-5-6-8-12/h12H,5-11H2,1-4H3/t15-/m0/s1. The van der Waals surface area contributed by atoms with Gasteiger partial charge < -0.3 is 9.80 Å². The summed E-state index contributed by atoms with van der Waals surface area (Å²) in [4.78, 5) is 18.0. The number of tetrazole rings is 1. The van der Waals surface area contributed by atoms with Crippen molar-refractivity contribution in [1.82, 2.24) is 34.9 Å². The average Bonchev–Trinajstić information content (AvgIpc) is 3.24. The van der Waals surface area contributed by atoms with E-state index in [0.717, 1.165) is 31.6 Å². The SMILES string of the molecule is CN(C)C(=O)N1CC[C@](c2nnnn2C2CCCC2)(N(C)C)C1. The highest BCUT2D eigenvalue weighted by atomic mass is 16.2. The predicted molar refractivity (Wildman–Crippen MR) is 86.0 cm³/mol. The molecule has 1 saturated carbocycles. The molecule has 0 N–H and O–H groups in total. The van der Waals surface area contributed by atoms with Gasteiger partial charge in [-0.1, -0.05) is 12.8 Å². The van der Waals surface area contributed by atoms with Gasteiger partial charge in [-0.15, -0.1) is 5.10 Å². The Balaban J connectivity index is 1.91. The van der Waals surface area contributed by atoms with Crippen molar-refractivity contribution >= 4 is 6.03 Å². The fraction of sp³-hybridized carbons (Fsp3) is 0.867. The quantitative estimate of drug-likeness (QED) is 0.828. The Morgan fingerprint density at radius 3 is 2.52 bits per heavy atom. The maximum atomic E-state index is 12.3. The van der Waals surface area contributed by atoms with Crippen LogP contribution in [0.4, 0.5) is 4.79 Å². The van der Waals surface area contributed by atoms with Gasteiger partial charge in [0, 0.05) is 27.2 Å². The summed E-state index contributed by atoms with van der Waals surface area (Å²) >= 11 is 0. The molecule has 2 heterocycles. The summed E-state index contributed by atoms with van der Waals surface area (Å²) in [5, 5.41) is 12.6. The summed E-state index contributed by atoms with van der Waals surface area (Å²) in [5.74, 6) is 0.906. The van der Waals surface area contributed by atoms with Crippen LogP contribution in [0.15, 0.2) is 0 Å². The molecule has 23 heavy (non-hydrogen) atoms. The molecule has 1 aromatic heterocycles. The number of rotatable bonds is 3. The number of likely N-dealkylation sites (tertiary alicyclic amines) is 1. The topological polar surface area (TPSA) is 70.4 Å². The molecule has 2 aliphatic rings. The second-order valence-electron chi connectivity index (χ2n) is 7.16. The number of urea groups is 1. The minimum atomic E-state index is -0.308. The second kappa shape index (κ2) is 6.07. The number of hydrogen-bond donors (Lipinski definition) is 0. The molecule has 0 unspecified atom stereocenters. The molecule has 1 saturated heterocycles. The highest BCUT2D eigenvalue weighted by molar-refractivity contribution is 5.74. The Labute approximate surface area is 137 Å². The first-order valence-corrected chi connectivity index (χ1v) is 8.38. The molecule has 0 radical (unpaired) electrons. The Bertz CT molecular complexity index is 564. The van der Waals surface area contributed by atoms with E-state index in [1.807, 2.05) is 9.58 Å². The van der Waals surface area contributed by atoms with Gasteiger partial charge in [0.25, 0.3) is 0 Å². The zero-order chi connectivity index (χ0) is 16.6. The summed E-state index contributed by atoms with van der Waals surface area (Å²) in [6, 6.07) is 0.448. The molecule has 1 aromatic rings.